The van der Waals surface area contributed by atoms with E-state index in [1.807, 2.05) is 0 Å². The molecule has 0 bridgehead atoms. The minimum atomic E-state index is -3.90. The lowest BCUT2D eigenvalue weighted by molar-refractivity contribution is -0.139. The Bertz CT molecular complexity index is 1030. The summed E-state index contributed by atoms with van der Waals surface area (Å²) < 4.78 is 39.2. The van der Waals surface area contributed by atoms with Gasteiger partial charge in [-0.05, 0) is 49.7 Å². The molecule has 0 spiro atoms. The molecule has 2 aromatic carbocycles. The highest BCUT2D eigenvalue weighted by molar-refractivity contribution is 7.92. The third-order valence-corrected chi connectivity index (χ3v) is 5.95. The number of carbonyl (C=O) groups excluding carboxylic acids is 2. The molecule has 168 valence electrons. The Morgan fingerprint density at radius 1 is 1.16 bits per heavy atom. The molecule has 0 aliphatic carbocycles. The molecule has 1 N–H and O–H groups in total. The molecule has 0 saturated heterocycles. The minimum Gasteiger partial charge on any atom is -0.355 e. The molecule has 0 unspecified atom stereocenters. The van der Waals surface area contributed by atoms with Crippen molar-refractivity contribution in [2.45, 2.75) is 26.4 Å². The van der Waals surface area contributed by atoms with Gasteiger partial charge >= 0.3 is 0 Å². The predicted molar refractivity (Wildman–Crippen MR) is 119 cm³/mol. The Morgan fingerprint density at radius 3 is 2.35 bits per heavy atom. The van der Waals surface area contributed by atoms with Gasteiger partial charge in [-0.15, -0.1) is 0 Å². The number of nitrogens with zero attached hydrogens (tertiary/aromatic N) is 2. The molecule has 31 heavy (non-hydrogen) atoms. The maximum Gasteiger partial charge on any atom is 0.244 e. The van der Waals surface area contributed by atoms with Gasteiger partial charge in [-0.1, -0.05) is 29.8 Å². The molecule has 0 aromatic heterocycles. The van der Waals surface area contributed by atoms with Crippen molar-refractivity contribution in [3.63, 3.8) is 0 Å². The molecular formula is C21H25ClFN3O4S. The van der Waals surface area contributed by atoms with Crippen LogP contribution in [0.15, 0.2) is 48.5 Å². The first-order valence-corrected chi connectivity index (χ1v) is 11.8. The summed E-state index contributed by atoms with van der Waals surface area (Å²) in [6.07, 6.45) is 0.932. The van der Waals surface area contributed by atoms with Crippen molar-refractivity contribution in [3.8, 4) is 0 Å². The molecular weight excluding hydrogens is 445 g/mol. The average molecular weight is 470 g/mol. The van der Waals surface area contributed by atoms with E-state index in [-0.39, 0.29) is 18.1 Å². The van der Waals surface area contributed by atoms with E-state index in [9.17, 15) is 22.4 Å². The lowest BCUT2D eigenvalue weighted by atomic mass is 10.1. The summed E-state index contributed by atoms with van der Waals surface area (Å²) in [6, 6.07) is 10.8. The molecule has 0 aliphatic heterocycles. The van der Waals surface area contributed by atoms with Crippen LogP contribution in [0.4, 0.5) is 10.1 Å². The molecule has 2 aromatic rings. The summed E-state index contributed by atoms with van der Waals surface area (Å²) in [5.74, 6) is -1.61. The van der Waals surface area contributed by atoms with Crippen molar-refractivity contribution in [1.29, 1.82) is 0 Å². The van der Waals surface area contributed by atoms with Gasteiger partial charge < -0.3 is 10.2 Å². The van der Waals surface area contributed by atoms with Gasteiger partial charge in [-0.2, -0.15) is 0 Å². The summed E-state index contributed by atoms with van der Waals surface area (Å²) >= 11 is 5.92. The van der Waals surface area contributed by atoms with Crippen LogP contribution in [-0.2, 0) is 26.2 Å². The third-order valence-electron chi connectivity index (χ3n) is 4.56. The van der Waals surface area contributed by atoms with E-state index < -0.39 is 34.3 Å². The average Bonchev–Trinajstić information content (AvgIpc) is 2.70. The summed E-state index contributed by atoms with van der Waals surface area (Å²) in [5.41, 5.74) is 0.735. The van der Waals surface area contributed by atoms with Crippen LogP contribution >= 0.6 is 11.6 Å². The molecule has 0 heterocycles. The quantitative estimate of drug-likeness (QED) is 0.611. The fourth-order valence-electron chi connectivity index (χ4n) is 2.94. The lowest BCUT2D eigenvalue weighted by Crippen LogP contribution is -2.51. The number of nitrogens with one attached hydrogen (secondary N) is 1. The van der Waals surface area contributed by atoms with E-state index in [0.717, 1.165) is 16.6 Å². The van der Waals surface area contributed by atoms with Crippen LogP contribution in [0.1, 0.15) is 19.4 Å². The number of amides is 2. The molecule has 0 aliphatic rings. The van der Waals surface area contributed by atoms with Gasteiger partial charge in [0.1, 0.15) is 18.4 Å². The van der Waals surface area contributed by atoms with Crippen molar-refractivity contribution in [1.82, 2.24) is 10.2 Å². The monoisotopic (exact) mass is 469 g/mol. The summed E-state index contributed by atoms with van der Waals surface area (Å²) in [7, 11) is -3.90. The van der Waals surface area contributed by atoms with Gasteiger partial charge in [0.2, 0.25) is 21.8 Å². The van der Waals surface area contributed by atoms with E-state index >= 15 is 0 Å². The van der Waals surface area contributed by atoms with Gasteiger partial charge in [-0.25, -0.2) is 12.8 Å². The van der Waals surface area contributed by atoms with E-state index in [1.54, 1.807) is 38.1 Å². The van der Waals surface area contributed by atoms with Crippen molar-refractivity contribution in [2.24, 2.45) is 0 Å². The smallest absolute Gasteiger partial charge is 0.244 e. The van der Waals surface area contributed by atoms with Crippen molar-refractivity contribution < 1.29 is 22.4 Å². The van der Waals surface area contributed by atoms with Crippen LogP contribution in [0, 0.1) is 5.82 Å². The Hall–Kier alpha value is -2.65. The zero-order valence-corrected chi connectivity index (χ0v) is 19.1. The zero-order chi connectivity index (χ0) is 23.2. The fourth-order valence-corrected chi connectivity index (χ4v) is 3.90. The molecule has 2 rings (SSSR count). The van der Waals surface area contributed by atoms with Gasteiger partial charge in [0.25, 0.3) is 0 Å². The molecule has 7 nitrogen and oxygen atoms in total. The Kier molecular flexibility index (Phi) is 8.41. The van der Waals surface area contributed by atoms with Crippen molar-refractivity contribution in [3.05, 3.63) is 64.9 Å². The fraction of sp³-hybridized carbons (Fsp3) is 0.333. The van der Waals surface area contributed by atoms with Crippen LogP contribution < -0.4 is 9.62 Å². The number of benzene rings is 2. The van der Waals surface area contributed by atoms with Gasteiger partial charge in [0.15, 0.2) is 0 Å². The van der Waals surface area contributed by atoms with Gasteiger partial charge in [0.05, 0.1) is 11.9 Å². The number of halogens is 2. The second-order valence-electron chi connectivity index (χ2n) is 6.97. The van der Waals surface area contributed by atoms with E-state index in [1.165, 1.54) is 23.1 Å². The summed E-state index contributed by atoms with van der Waals surface area (Å²) in [6.45, 7) is 3.18. The predicted octanol–water partition coefficient (Wildman–Crippen LogP) is 2.80. The number of anilines is 1. The number of carbonyl (C=O) groups is 2. The van der Waals surface area contributed by atoms with Crippen LogP contribution in [0.5, 0.6) is 0 Å². The van der Waals surface area contributed by atoms with E-state index in [2.05, 4.69) is 5.32 Å². The Morgan fingerprint density at radius 2 is 1.81 bits per heavy atom. The number of rotatable bonds is 9. The van der Waals surface area contributed by atoms with Crippen LogP contribution in [0.3, 0.4) is 0 Å². The maximum atomic E-state index is 13.7. The SMILES string of the molecule is CCNC(=O)[C@@H](C)N(Cc1ccc(Cl)cc1)C(=O)CN(c1cccc(F)c1)S(C)(=O)=O. The molecule has 10 heteroatoms. The van der Waals surface area contributed by atoms with E-state index in [0.29, 0.717) is 17.1 Å². The minimum absolute atomic E-state index is 0.0213. The second kappa shape index (κ2) is 10.6. The highest BCUT2D eigenvalue weighted by Gasteiger charge is 2.30. The van der Waals surface area contributed by atoms with Gasteiger partial charge in [-0.3, -0.25) is 13.9 Å². The molecule has 0 saturated carbocycles. The molecule has 0 radical (unpaired) electrons. The number of sulfonamides is 1. The lowest BCUT2D eigenvalue weighted by Gasteiger charge is -2.31. The zero-order valence-electron chi connectivity index (χ0n) is 17.5. The van der Waals surface area contributed by atoms with Crippen molar-refractivity contribution >= 4 is 39.1 Å². The normalized spacial score (nSPS) is 12.2. The topological polar surface area (TPSA) is 86.8 Å². The summed E-state index contributed by atoms with van der Waals surface area (Å²) in [5, 5.41) is 3.18. The van der Waals surface area contributed by atoms with Crippen LogP contribution in [0.25, 0.3) is 0 Å². The Labute approximate surface area is 186 Å². The standard InChI is InChI=1S/C21H25ClFN3O4S/c1-4-24-21(28)15(2)25(13-16-8-10-17(22)11-9-16)20(27)14-26(31(3,29)30)19-7-5-6-18(23)12-19/h5-12,15H,4,13-14H2,1-3H3,(H,24,28)/t15-/m1/s1. The first kappa shape index (κ1) is 24.6. The van der Waals surface area contributed by atoms with E-state index in [4.69, 9.17) is 11.6 Å². The second-order valence-corrected chi connectivity index (χ2v) is 9.31. The maximum absolute atomic E-state index is 13.7. The Balaban J connectivity index is 2.37. The molecule has 2 amide bonds. The number of hydrogen-bond acceptors (Lipinski definition) is 4. The molecule has 0 fully saturated rings. The molecule has 1 atom stereocenters. The van der Waals surface area contributed by atoms with Crippen LogP contribution in [0.2, 0.25) is 5.02 Å². The number of likely N-dealkylation sites (N-methyl/N-ethyl adjacent to an activating group) is 1. The number of hydrogen-bond donors (Lipinski definition) is 1. The first-order valence-electron chi connectivity index (χ1n) is 9.57. The van der Waals surface area contributed by atoms with Crippen molar-refractivity contribution in [2.75, 3.05) is 23.7 Å². The summed E-state index contributed by atoms with van der Waals surface area (Å²) in [4.78, 5) is 26.9. The largest absolute Gasteiger partial charge is 0.355 e. The van der Waals surface area contributed by atoms with Crippen LogP contribution in [-0.4, -0.2) is 50.5 Å². The van der Waals surface area contributed by atoms with Gasteiger partial charge in [0, 0.05) is 18.1 Å². The highest BCUT2D eigenvalue weighted by Crippen LogP contribution is 2.20. The first-order chi connectivity index (χ1) is 14.5. The highest BCUT2D eigenvalue weighted by atomic mass is 35.5. The third kappa shape index (κ3) is 6.93.